The zero-order valence-electron chi connectivity index (χ0n) is 9.11. The van der Waals surface area contributed by atoms with Crippen molar-refractivity contribution in [1.29, 1.82) is 0 Å². The van der Waals surface area contributed by atoms with E-state index < -0.39 is 5.97 Å². The van der Waals surface area contributed by atoms with Gasteiger partial charge in [0.15, 0.2) is 0 Å². The van der Waals surface area contributed by atoms with Crippen LogP contribution < -0.4 is 5.73 Å². The van der Waals surface area contributed by atoms with Gasteiger partial charge in [-0.1, -0.05) is 11.6 Å². The van der Waals surface area contributed by atoms with Gasteiger partial charge in [0.05, 0.1) is 5.02 Å². The minimum atomic E-state index is -0.840. The van der Waals surface area contributed by atoms with Crippen LogP contribution in [-0.4, -0.2) is 16.1 Å². The van der Waals surface area contributed by atoms with Crippen LogP contribution in [0.3, 0.4) is 0 Å². The maximum atomic E-state index is 10.5. The molecule has 0 aliphatic carbocycles. The van der Waals surface area contributed by atoms with Crippen molar-refractivity contribution in [3.05, 3.63) is 35.0 Å². The fourth-order valence-electron chi connectivity index (χ4n) is 1.80. The number of H-pyrrole nitrogens is 1. The van der Waals surface area contributed by atoms with Crippen molar-refractivity contribution in [3.8, 4) is 0 Å². The Labute approximate surface area is 103 Å². The van der Waals surface area contributed by atoms with Crippen molar-refractivity contribution in [2.45, 2.75) is 18.9 Å². The minimum Gasteiger partial charge on any atom is -0.481 e. The van der Waals surface area contributed by atoms with Crippen molar-refractivity contribution in [2.24, 2.45) is 5.73 Å². The van der Waals surface area contributed by atoms with Crippen molar-refractivity contribution in [3.63, 3.8) is 0 Å². The number of carboxylic acids is 1. The summed E-state index contributed by atoms with van der Waals surface area (Å²) >= 11 is 6.12. The van der Waals surface area contributed by atoms with Gasteiger partial charge in [-0.05, 0) is 30.2 Å². The molecule has 0 spiro atoms. The summed E-state index contributed by atoms with van der Waals surface area (Å²) in [6, 6.07) is 5.29. The van der Waals surface area contributed by atoms with E-state index in [1.807, 2.05) is 18.3 Å². The van der Waals surface area contributed by atoms with E-state index in [-0.39, 0.29) is 12.5 Å². The SMILES string of the molecule is NC(CCC(=O)O)c1cc(Cl)c2cc[nH]c2c1. The summed E-state index contributed by atoms with van der Waals surface area (Å²) in [5.74, 6) is -0.840. The molecule has 0 aliphatic heterocycles. The number of rotatable bonds is 4. The molecule has 1 aromatic carbocycles. The molecule has 5 heteroatoms. The molecule has 0 fully saturated rings. The Morgan fingerprint density at radius 2 is 2.29 bits per heavy atom. The highest BCUT2D eigenvalue weighted by atomic mass is 35.5. The first-order chi connectivity index (χ1) is 8.08. The first kappa shape index (κ1) is 12.0. The number of fused-ring (bicyclic) bond motifs is 1. The smallest absolute Gasteiger partial charge is 0.303 e. The fraction of sp³-hybridized carbons (Fsp3) is 0.250. The molecular weight excluding hydrogens is 240 g/mol. The molecule has 0 bridgehead atoms. The molecule has 4 nitrogen and oxygen atoms in total. The van der Waals surface area contributed by atoms with E-state index in [1.54, 1.807) is 6.07 Å². The van der Waals surface area contributed by atoms with Crippen LogP contribution in [0.25, 0.3) is 10.9 Å². The summed E-state index contributed by atoms with van der Waals surface area (Å²) in [7, 11) is 0. The Bertz CT molecular complexity index is 550. The molecule has 0 amide bonds. The van der Waals surface area contributed by atoms with E-state index in [0.29, 0.717) is 11.4 Å². The third kappa shape index (κ3) is 2.60. The monoisotopic (exact) mass is 252 g/mol. The highest BCUT2D eigenvalue weighted by molar-refractivity contribution is 6.35. The molecule has 1 aromatic heterocycles. The number of aromatic nitrogens is 1. The van der Waals surface area contributed by atoms with Crippen LogP contribution in [-0.2, 0) is 4.79 Å². The first-order valence-corrected chi connectivity index (χ1v) is 5.69. The average molecular weight is 253 g/mol. The molecule has 90 valence electrons. The topological polar surface area (TPSA) is 79.1 Å². The van der Waals surface area contributed by atoms with Crippen LogP contribution >= 0.6 is 11.6 Å². The van der Waals surface area contributed by atoms with Crippen LogP contribution in [0.5, 0.6) is 0 Å². The van der Waals surface area contributed by atoms with E-state index in [1.165, 1.54) is 0 Å². The number of carbonyl (C=O) groups is 1. The Morgan fingerprint density at radius 3 is 3.00 bits per heavy atom. The second-order valence-electron chi connectivity index (χ2n) is 3.98. The Balaban J connectivity index is 2.25. The van der Waals surface area contributed by atoms with Gasteiger partial charge in [0, 0.05) is 29.6 Å². The van der Waals surface area contributed by atoms with Crippen LogP contribution in [0.2, 0.25) is 5.02 Å². The van der Waals surface area contributed by atoms with E-state index in [0.717, 1.165) is 16.5 Å². The molecule has 0 saturated heterocycles. The van der Waals surface area contributed by atoms with Gasteiger partial charge in [-0.3, -0.25) is 4.79 Å². The maximum Gasteiger partial charge on any atom is 0.303 e. The van der Waals surface area contributed by atoms with Crippen LogP contribution in [0.1, 0.15) is 24.4 Å². The zero-order chi connectivity index (χ0) is 12.4. The molecule has 1 atom stereocenters. The number of hydrogen-bond donors (Lipinski definition) is 3. The number of hydrogen-bond acceptors (Lipinski definition) is 2. The molecule has 4 N–H and O–H groups in total. The summed E-state index contributed by atoms with van der Waals surface area (Å²) in [5.41, 5.74) is 7.70. The van der Waals surface area contributed by atoms with Crippen molar-refractivity contribution >= 4 is 28.5 Å². The Morgan fingerprint density at radius 1 is 1.53 bits per heavy atom. The lowest BCUT2D eigenvalue weighted by molar-refractivity contribution is -0.137. The Hall–Kier alpha value is -1.52. The highest BCUT2D eigenvalue weighted by Crippen LogP contribution is 2.28. The van der Waals surface area contributed by atoms with Gasteiger partial charge in [0.1, 0.15) is 0 Å². The first-order valence-electron chi connectivity index (χ1n) is 5.32. The van der Waals surface area contributed by atoms with Gasteiger partial charge in [-0.25, -0.2) is 0 Å². The minimum absolute atomic E-state index is 0.0571. The number of nitrogens with two attached hydrogens (primary N) is 1. The second kappa shape index (κ2) is 4.77. The maximum absolute atomic E-state index is 10.5. The molecule has 17 heavy (non-hydrogen) atoms. The summed E-state index contributed by atoms with van der Waals surface area (Å²) in [5, 5.41) is 10.2. The second-order valence-corrected chi connectivity index (χ2v) is 4.39. The summed E-state index contributed by atoms with van der Waals surface area (Å²) < 4.78 is 0. The normalized spacial score (nSPS) is 12.8. The van der Waals surface area contributed by atoms with Crippen molar-refractivity contribution < 1.29 is 9.90 Å². The van der Waals surface area contributed by atoms with E-state index in [9.17, 15) is 4.79 Å². The zero-order valence-corrected chi connectivity index (χ0v) is 9.87. The number of aliphatic carboxylic acids is 1. The molecular formula is C12H13ClN2O2. The standard InChI is InChI=1S/C12H13ClN2O2/c13-9-5-7(10(14)1-2-12(16)17)6-11-8(9)3-4-15-11/h3-6,10,15H,1-2,14H2,(H,16,17). The molecule has 1 heterocycles. The predicted molar refractivity (Wildman–Crippen MR) is 67.1 cm³/mol. The summed E-state index contributed by atoms with van der Waals surface area (Å²) in [6.45, 7) is 0. The van der Waals surface area contributed by atoms with Crippen molar-refractivity contribution in [2.75, 3.05) is 0 Å². The quantitative estimate of drug-likeness (QED) is 0.783. The lowest BCUT2D eigenvalue weighted by atomic mass is 10.0. The average Bonchev–Trinajstić information content (AvgIpc) is 2.74. The molecule has 0 saturated carbocycles. The van der Waals surface area contributed by atoms with Gasteiger partial charge in [-0.2, -0.15) is 0 Å². The number of halogens is 1. The van der Waals surface area contributed by atoms with Gasteiger partial charge in [0.2, 0.25) is 0 Å². The van der Waals surface area contributed by atoms with E-state index >= 15 is 0 Å². The van der Waals surface area contributed by atoms with Crippen molar-refractivity contribution in [1.82, 2.24) is 4.98 Å². The third-order valence-corrected chi connectivity index (χ3v) is 3.05. The van der Waals surface area contributed by atoms with Crippen LogP contribution in [0.4, 0.5) is 0 Å². The fourth-order valence-corrected chi connectivity index (χ4v) is 2.09. The number of nitrogens with one attached hydrogen (secondary N) is 1. The van der Waals surface area contributed by atoms with Gasteiger partial charge in [-0.15, -0.1) is 0 Å². The largest absolute Gasteiger partial charge is 0.481 e. The number of aromatic amines is 1. The van der Waals surface area contributed by atoms with E-state index in [2.05, 4.69) is 4.98 Å². The lowest BCUT2D eigenvalue weighted by Crippen LogP contribution is -2.12. The van der Waals surface area contributed by atoms with Gasteiger partial charge >= 0.3 is 5.97 Å². The molecule has 2 aromatic rings. The molecule has 1 unspecified atom stereocenters. The van der Waals surface area contributed by atoms with Gasteiger partial charge in [0.25, 0.3) is 0 Å². The highest BCUT2D eigenvalue weighted by Gasteiger charge is 2.11. The number of carboxylic acid groups (broad SMARTS) is 1. The van der Waals surface area contributed by atoms with Gasteiger partial charge < -0.3 is 15.8 Å². The molecule has 0 radical (unpaired) electrons. The molecule has 2 rings (SSSR count). The van der Waals surface area contributed by atoms with Crippen LogP contribution in [0, 0.1) is 0 Å². The molecule has 0 aliphatic rings. The lowest BCUT2D eigenvalue weighted by Gasteiger charge is -2.11. The summed E-state index contributed by atoms with van der Waals surface area (Å²) in [6.07, 6.45) is 2.27. The Kier molecular flexibility index (Phi) is 3.36. The summed E-state index contributed by atoms with van der Waals surface area (Å²) in [4.78, 5) is 13.5. The van der Waals surface area contributed by atoms with E-state index in [4.69, 9.17) is 22.4 Å². The van der Waals surface area contributed by atoms with Crippen LogP contribution in [0.15, 0.2) is 24.4 Å². The predicted octanol–water partition coefficient (Wildman–Crippen LogP) is 2.69. The number of benzene rings is 1. The third-order valence-electron chi connectivity index (χ3n) is 2.74.